The third-order valence-electron chi connectivity index (χ3n) is 4.75. The van der Waals surface area contributed by atoms with E-state index in [4.69, 9.17) is 10.00 Å². The van der Waals surface area contributed by atoms with Crippen molar-refractivity contribution in [2.24, 2.45) is 0 Å². The predicted molar refractivity (Wildman–Crippen MR) is 105 cm³/mol. The third kappa shape index (κ3) is 4.75. The highest BCUT2D eigenvalue weighted by Crippen LogP contribution is 2.38. The Balaban J connectivity index is 2.00. The smallest absolute Gasteiger partial charge is 0.417 e. The summed E-state index contributed by atoms with van der Waals surface area (Å²) in [6.45, 7) is 1.59. The van der Waals surface area contributed by atoms with E-state index in [2.05, 4.69) is 15.3 Å². The number of nitrogens with one attached hydrogen (secondary N) is 1. The Hall–Kier alpha value is -3.40. The molecule has 1 aliphatic heterocycles. The fourth-order valence-corrected chi connectivity index (χ4v) is 5.23. The van der Waals surface area contributed by atoms with Gasteiger partial charge in [0.05, 0.1) is 15.7 Å². The lowest BCUT2D eigenvalue weighted by atomic mass is 10.2. The van der Waals surface area contributed by atoms with E-state index in [0.29, 0.717) is 6.07 Å². The summed E-state index contributed by atoms with van der Waals surface area (Å²) in [7, 11) is -4.47. The molecule has 2 aromatic rings. The summed E-state index contributed by atoms with van der Waals surface area (Å²) in [4.78, 5) is 20.2. The van der Waals surface area contributed by atoms with E-state index in [1.807, 2.05) is 0 Å². The second-order valence-corrected chi connectivity index (χ2v) is 8.99. The maximum absolute atomic E-state index is 13.4. The number of hydrogen-bond acceptors (Lipinski definition) is 8. The molecule has 1 aromatic carbocycles. The first-order valence-electron chi connectivity index (χ1n) is 9.42. The number of benzene rings is 1. The molecule has 1 saturated heterocycles. The molecule has 0 radical (unpaired) electrons. The van der Waals surface area contributed by atoms with Gasteiger partial charge in [-0.3, -0.25) is 0 Å². The first-order chi connectivity index (χ1) is 15.1. The molecule has 0 bridgehead atoms. The highest BCUT2D eigenvalue weighted by molar-refractivity contribution is 7.92. The van der Waals surface area contributed by atoms with Crippen molar-refractivity contribution in [3.63, 3.8) is 0 Å². The number of nitrogens with zero attached hydrogens (tertiary/aromatic N) is 4. The summed E-state index contributed by atoms with van der Waals surface area (Å²) in [5, 5.41) is 10.1. The Bertz CT molecular complexity index is 1150. The molecule has 2 heterocycles. The van der Waals surface area contributed by atoms with E-state index in [1.54, 1.807) is 13.0 Å². The second kappa shape index (κ2) is 8.99. The lowest BCUT2D eigenvalue weighted by Crippen LogP contribution is -2.37. The van der Waals surface area contributed by atoms with Crippen LogP contribution in [0.1, 0.15) is 24.7 Å². The quantitative estimate of drug-likeness (QED) is 0.708. The number of alkyl carbamates (subject to hydrolysis) is 1. The minimum Gasteiger partial charge on any atom is -0.425 e. The minimum atomic E-state index is -4.87. The molecule has 2 atom stereocenters. The molecule has 1 fully saturated rings. The van der Waals surface area contributed by atoms with Gasteiger partial charge in [0.15, 0.2) is 16.1 Å². The van der Waals surface area contributed by atoms with Gasteiger partial charge in [0.1, 0.15) is 11.9 Å². The zero-order valence-electron chi connectivity index (χ0n) is 16.7. The van der Waals surface area contributed by atoms with Gasteiger partial charge in [0, 0.05) is 25.7 Å². The SMILES string of the molecule is CCNC(=O)O[C@H]1C[C@H](S(=O)(=O)c2ccccc2C(F)(F)F)CN1c1ccnc(C#N)n1. The standard InChI is InChI=1S/C19H18F3N5O4S/c1-2-24-18(28)31-17-9-12(11-27(17)16-7-8-25-15(10-23)26-16)32(29,30)14-6-4-3-5-13(14)19(20,21)22/h3-8,12,17H,2,9,11H2,1H3,(H,24,28)/t12-,17-/m0/s1. The number of aromatic nitrogens is 2. The van der Waals surface area contributed by atoms with Crippen molar-refractivity contribution >= 4 is 21.7 Å². The molecule has 13 heteroatoms. The lowest BCUT2D eigenvalue weighted by molar-refractivity contribution is -0.139. The lowest BCUT2D eigenvalue weighted by Gasteiger charge is -2.25. The van der Waals surface area contributed by atoms with Crippen LogP contribution in [0.15, 0.2) is 41.4 Å². The van der Waals surface area contributed by atoms with Gasteiger partial charge in [-0.15, -0.1) is 0 Å². The molecule has 1 aliphatic rings. The Morgan fingerprint density at radius 1 is 1.34 bits per heavy atom. The molecule has 170 valence electrons. The molecule has 0 spiro atoms. The van der Waals surface area contributed by atoms with E-state index in [0.717, 1.165) is 12.1 Å². The first kappa shape index (κ1) is 23.3. The highest BCUT2D eigenvalue weighted by Gasteiger charge is 2.46. The molecular weight excluding hydrogens is 451 g/mol. The molecule has 0 aliphatic carbocycles. The Morgan fingerprint density at radius 2 is 2.06 bits per heavy atom. The number of alkyl halides is 3. The number of amides is 1. The van der Waals surface area contributed by atoms with Crippen molar-refractivity contribution in [3.8, 4) is 6.07 Å². The molecule has 1 N–H and O–H groups in total. The topological polar surface area (TPSA) is 125 Å². The van der Waals surface area contributed by atoms with Crippen LogP contribution in [0.2, 0.25) is 0 Å². The summed E-state index contributed by atoms with van der Waals surface area (Å²) in [6, 6.07) is 7.05. The maximum atomic E-state index is 13.4. The Kier molecular flexibility index (Phi) is 6.54. The number of anilines is 1. The van der Waals surface area contributed by atoms with E-state index < -0.39 is 44.0 Å². The summed E-state index contributed by atoms with van der Waals surface area (Å²) < 4.78 is 72.0. The van der Waals surface area contributed by atoms with Crippen LogP contribution in [0, 0.1) is 11.3 Å². The van der Waals surface area contributed by atoms with Crippen molar-refractivity contribution in [2.75, 3.05) is 18.0 Å². The Labute approximate surface area is 181 Å². The van der Waals surface area contributed by atoms with E-state index in [9.17, 15) is 26.4 Å². The van der Waals surface area contributed by atoms with Crippen LogP contribution in [-0.2, 0) is 20.8 Å². The largest absolute Gasteiger partial charge is 0.425 e. The number of hydrogen-bond donors (Lipinski definition) is 1. The van der Waals surface area contributed by atoms with E-state index >= 15 is 0 Å². The molecular formula is C19H18F3N5O4S. The zero-order chi connectivity index (χ0) is 23.5. The number of halogens is 3. The molecule has 3 rings (SSSR count). The maximum Gasteiger partial charge on any atom is 0.417 e. The van der Waals surface area contributed by atoms with Crippen LogP contribution in [-0.4, -0.2) is 49.0 Å². The number of ether oxygens (including phenoxy) is 1. The first-order valence-corrected chi connectivity index (χ1v) is 11.0. The minimum absolute atomic E-state index is 0.104. The van der Waals surface area contributed by atoms with Crippen molar-refractivity contribution < 1.29 is 31.1 Å². The summed E-state index contributed by atoms with van der Waals surface area (Å²) in [5.41, 5.74) is -1.27. The van der Waals surface area contributed by atoms with Crippen LogP contribution < -0.4 is 10.2 Å². The van der Waals surface area contributed by atoms with Crippen molar-refractivity contribution in [1.82, 2.24) is 15.3 Å². The average molecular weight is 469 g/mol. The van der Waals surface area contributed by atoms with Gasteiger partial charge < -0.3 is 15.0 Å². The fourth-order valence-electron chi connectivity index (χ4n) is 3.34. The number of sulfone groups is 1. The molecule has 32 heavy (non-hydrogen) atoms. The monoisotopic (exact) mass is 469 g/mol. The van der Waals surface area contributed by atoms with Gasteiger partial charge >= 0.3 is 12.3 Å². The van der Waals surface area contributed by atoms with Crippen molar-refractivity contribution in [1.29, 1.82) is 5.26 Å². The van der Waals surface area contributed by atoms with Gasteiger partial charge in [0.25, 0.3) is 0 Å². The number of carbonyl (C=O) groups is 1. The summed E-state index contributed by atoms with van der Waals surface area (Å²) in [5.74, 6) is -0.0966. The molecule has 0 saturated carbocycles. The van der Waals surface area contributed by atoms with Gasteiger partial charge in [-0.25, -0.2) is 23.2 Å². The molecule has 0 unspecified atom stereocenters. The molecule has 9 nitrogen and oxygen atoms in total. The van der Waals surface area contributed by atoms with Crippen LogP contribution in [0.5, 0.6) is 0 Å². The zero-order valence-corrected chi connectivity index (χ0v) is 17.5. The van der Waals surface area contributed by atoms with Gasteiger partial charge in [-0.2, -0.15) is 18.4 Å². The molecule has 1 aromatic heterocycles. The number of rotatable bonds is 5. The van der Waals surface area contributed by atoms with Gasteiger partial charge in [0.2, 0.25) is 5.82 Å². The Morgan fingerprint density at radius 3 is 2.72 bits per heavy atom. The van der Waals surface area contributed by atoms with Crippen LogP contribution in [0.3, 0.4) is 0 Å². The average Bonchev–Trinajstić information content (AvgIpc) is 3.18. The molecule has 1 amide bonds. The predicted octanol–water partition coefficient (Wildman–Crippen LogP) is 2.49. The summed E-state index contributed by atoms with van der Waals surface area (Å²) in [6.07, 6.45) is -5.86. The number of nitriles is 1. The van der Waals surface area contributed by atoms with Crippen LogP contribution >= 0.6 is 0 Å². The third-order valence-corrected chi connectivity index (χ3v) is 6.94. The van der Waals surface area contributed by atoms with E-state index in [-0.39, 0.29) is 31.2 Å². The second-order valence-electron chi connectivity index (χ2n) is 6.79. The normalized spacial score (nSPS) is 18.8. The van der Waals surface area contributed by atoms with Crippen LogP contribution in [0.25, 0.3) is 0 Å². The van der Waals surface area contributed by atoms with Crippen molar-refractivity contribution in [2.45, 2.75) is 35.9 Å². The van der Waals surface area contributed by atoms with E-state index in [1.165, 1.54) is 23.2 Å². The van der Waals surface area contributed by atoms with Crippen LogP contribution in [0.4, 0.5) is 23.8 Å². The fraction of sp³-hybridized carbons (Fsp3) is 0.368. The number of carbonyl (C=O) groups excluding carboxylic acids is 1. The van der Waals surface area contributed by atoms with Gasteiger partial charge in [-0.1, -0.05) is 12.1 Å². The summed E-state index contributed by atoms with van der Waals surface area (Å²) >= 11 is 0. The van der Waals surface area contributed by atoms with Crippen molar-refractivity contribution in [3.05, 3.63) is 47.9 Å². The highest BCUT2D eigenvalue weighted by atomic mass is 32.2. The van der Waals surface area contributed by atoms with Gasteiger partial charge in [-0.05, 0) is 25.1 Å².